The third-order valence-corrected chi connectivity index (χ3v) is 5.64. The predicted octanol–water partition coefficient (Wildman–Crippen LogP) is 3.71. The van der Waals surface area contributed by atoms with Gasteiger partial charge in [-0.05, 0) is 83.1 Å². The molecule has 0 aromatic heterocycles. The maximum absolute atomic E-state index is 13.4. The van der Waals surface area contributed by atoms with Crippen molar-refractivity contribution >= 4 is 56.9 Å². The van der Waals surface area contributed by atoms with E-state index in [-0.39, 0.29) is 28.9 Å². The van der Waals surface area contributed by atoms with Crippen molar-refractivity contribution in [2.75, 3.05) is 32.3 Å². The molecule has 0 bridgehead atoms. The van der Waals surface area contributed by atoms with Gasteiger partial charge in [-0.15, -0.1) is 0 Å². The average Bonchev–Trinajstić information content (AvgIpc) is 3.01. The van der Waals surface area contributed by atoms with E-state index < -0.39 is 11.9 Å². The molecule has 0 saturated carbocycles. The number of phenolic OH excluding ortho intramolecular Hbond substituents is 1. The molecule has 1 N–H and O–H groups in total. The number of methoxy groups -OCH3 is 2. The van der Waals surface area contributed by atoms with E-state index in [0.29, 0.717) is 28.1 Å². The van der Waals surface area contributed by atoms with Crippen LogP contribution in [0.2, 0.25) is 0 Å². The Morgan fingerprint density at radius 1 is 1.22 bits per heavy atom. The predicted molar refractivity (Wildman–Crippen MR) is 127 cm³/mol. The third kappa shape index (κ3) is 4.71. The lowest BCUT2D eigenvalue weighted by Gasteiger charge is -2.19. The maximum atomic E-state index is 13.4. The summed E-state index contributed by atoms with van der Waals surface area (Å²) in [6.45, 7) is 1.90. The highest BCUT2D eigenvalue weighted by molar-refractivity contribution is 9.10. The average molecular weight is 521 g/mol. The smallest absolute Gasteiger partial charge is 0.325 e. The summed E-state index contributed by atoms with van der Waals surface area (Å²) >= 11 is 8.83. The topological polar surface area (TPSA) is 88.5 Å². The maximum Gasteiger partial charge on any atom is 0.325 e. The molecule has 1 amide bonds. The van der Waals surface area contributed by atoms with Crippen molar-refractivity contribution in [3.05, 3.63) is 52.1 Å². The van der Waals surface area contributed by atoms with Gasteiger partial charge in [0.2, 0.25) is 0 Å². The first-order chi connectivity index (χ1) is 15.3. The summed E-state index contributed by atoms with van der Waals surface area (Å²) in [5, 5.41) is 10.3. The van der Waals surface area contributed by atoms with Gasteiger partial charge in [0.15, 0.2) is 16.6 Å². The molecule has 168 valence electrons. The highest BCUT2D eigenvalue weighted by atomic mass is 79.9. The summed E-state index contributed by atoms with van der Waals surface area (Å²) in [4.78, 5) is 28.1. The molecule has 1 aliphatic rings. The molecule has 0 atom stereocenters. The number of carbonyl (C=O) groups excluding carboxylic acids is 2. The van der Waals surface area contributed by atoms with Gasteiger partial charge in [0.05, 0.1) is 31.0 Å². The summed E-state index contributed by atoms with van der Waals surface area (Å²) in [6.07, 6.45) is 1.58. The second-order valence-corrected chi connectivity index (χ2v) is 7.81. The molecule has 3 rings (SSSR count). The van der Waals surface area contributed by atoms with Gasteiger partial charge in [0, 0.05) is 0 Å². The van der Waals surface area contributed by atoms with Crippen LogP contribution in [-0.4, -0.2) is 54.4 Å². The van der Waals surface area contributed by atoms with E-state index in [4.69, 9.17) is 26.4 Å². The minimum absolute atomic E-state index is 0.0476. The number of ether oxygens (including phenoxy) is 3. The molecular weight excluding hydrogens is 500 g/mol. The van der Waals surface area contributed by atoms with Crippen LogP contribution in [0, 0.1) is 0 Å². The van der Waals surface area contributed by atoms with Crippen LogP contribution in [-0.2, 0) is 14.3 Å². The summed E-state index contributed by atoms with van der Waals surface area (Å²) in [5.74, 6) is -0.122. The number of thiocarbonyl (C=S) groups is 1. The van der Waals surface area contributed by atoms with Crippen molar-refractivity contribution in [3.8, 4) is 17.2 Å². The molecule has 32 heavy (non-hydrogen) atoms. The molecule has 1 fully saturated rings. The van der Waals surface area contributed by atoms with Crippen LogP contribution in [0.3, 0.4) is 0 Å². The zero-order chi connectivity index (χ0) is 23.4. The van der Waals surface area contributed by atoms with Crippen LogP contribution < -0.4 is 14.4 Å². The van der Waals surface area contributed by atoms with Crippen molar-refractivity contribution in [1.29, 1.82) is 0 Å². The van der Waals surface area contributed by atoms with Gasteiger partial charge in [-0.2, -0.15) is 0 Å². The zero-order valence-electron chi connectivity index (χ0n) is 17.6. The Hall–Kier alpha value is -3.11. The SMILES string of the molecule is CCOc1cc(/C=C2/C(=O)N(c3ccc(OC)cc3)C(=S)N2CC(=O)OC)cc(Br)c1O. The van der Waals surface area contributed by atoms with Crippen LogP contribution in [0.25, 0.3) is 6.08 Å². The summed E-state index contributed by atoms with van der Waals surface area (Å²) < 4.78 is 15.8. The highest BCUT2D eigenvalue weighted by Crippen LogP contribution is 2.37. The van der Waals surface area contributed by atoms with E-state index in [2.05, 4.69) is 15.9 Å². The molecule has 1 saturated heterocycles. The van der Waals surface area contributed by atoms with E-state index in [1.165, 1.54) is 16.9 Å². The molecule has 1 aliphatic heterocycles. The van der Waals surface area contributed by atoms with Gasteiger partial charge in [-0.3, -0.25) is 14.5 Å². The summed E-state index contributed by atoms with van der Waals surface area (Å²) in [5.41, 5.74) is 1.27. The Bertz CT molecular complexity index is 1090. The number of esters is 1. The van der Waals surface area contributed by atoms with E-state index in [1.54, 1.807) is 56.5 Å². The van der Waals surface area contributed by atoms with Crippen molar-refractivity contribution in [2.45, 2.75) is 6.92 Å². The standard InChI is InChI=1S/C22H21BrN2O6S/c1-4-31-18-11-13(9-16(23)20(18)27)10-17-21(28)25(14-5-7-15(29-2)8-6-14)22(32)24(17)12-19(26)30-3/h5-11,27H,4,12H2,1-3H3/b17-10-. The fraction of sp³-hybridized carbons (Fsp3) is 0.227. The largest absolute Gasteiger partial charge is 0.503 e. The third-order valence-electron chi connectivity index (χ3n) is 4.63. The molecule has 0 aliphatic carbocycles. The Labute approximate surface area is 199 Å². The number of anilines is 1. The van der Waals surface area contributed by atoms with Crippen LogP contribution >= 0.6 is 28.1 Å². The second-order valence-electron chi connectivity index (χ2n) is 6.60. The molecule has 1 heterocycles. The number of phenols is 1. The van der Waals surface area contributed by atoms with E-state index in [9.17, 15) is 14.7 Å². The quantitative estimate of drug-likeness (QED) is 0.335. The van der Waals surface area contributed by atoms with E-state index in [0.717, 1.165) is 0 Å². The van der Waals surface area contributed by atoms with Crippen LogP contribution in [0.1, 0.15) is 12.5 Å². The number of halogens is 1. The number of carbonyl (C=O) groups is 2. The monoisotopic (exact) mass is 520 g/mol. The first-order valence-electron chi connectivity index (χ1n) is 9.54. The molecule has 0 unspecified atom stereocenters. The molecule has 0 spiro atoms. The van der Waals surface area contributed by atoms with Gasteiger partial charge in [-0.1, -0.05) is 0 Å². The normalized spacial score (nSPS) is 14.8. The summed E-state index contributed by atoms with van der Waals surface area (Å²) in [7, 11) is 2.81. The highest BCUT2D eigenvalue weighted by Gasteiger charge is 2.40. The molecule has 10 heteroatoms. The van der Waals surface area contributed by atoms with Crippen molar-refractivity contribution in [1.82, 2.24) is 4.90 Å². The molecular formula is C22H21BrN2O6S. The zero-order valence-corrected chi connectivity index (χ0v) is 20.0. The minimum Gasteiger partial charge on any atom is -0.503 e. The lowest BCUT2D eigenvalue weighted by Crippen LogP contribution is -2.35. The lowest BCUT2D eigenvalue weighted by molar-refractivity contribution is -0.140. The van der Waals surface area contributed by atoms with Crippen LogP contribution in [0.4, 0.5) is 5.69 Å². The number of hydrogen-bond acceptors (Lipinski definition) is 7. The first-order valence-corrected chi connectivity index (χ1v) is 10.7. The Morgan fingerprint density at radius 3 is 2.50 bits per heavy atom. The molecule has 8 nitrogen and oxygen atoms in total. The number of hydrogen-bond donors (Lipinski definition) is 1. The molecule has 2 aromatic carbocycles. The Morgan fingerprint density at radius 2 is 1.91 bits per heavy atom. The van der Waals surface area contributed by atoms with Gasteiger partial charge in [-0.25, -0.2) is 0 Å². The summed E-state index contributed by atoms with van der Waals surface area (Å²) in [6, 6.07) is 10.1. The first kappa shape index (κ1) is 23.6. The van der Waals surface area contributed by atoms with Gasteiger partial charge in [0.1, 0.15) is 18.0 Å². The van der Waals surface area contributed by atoms with Gasteiger partial charge >= 0.3 is 5.97 Å². The van der Waals surface area contributed by atoms with Crippen LogP contribution in [0.15, 0.2) is 46.6 Å². The van der Waals surface area contributed by atoms with Crippen molar-refractivity contribution < 1.29 is 28.9 Å². The Balaban J connectivity index is 2.07. The fourth-order valence-corrected chi connectivity index (χ4v) is 3.90. The molecule has 0 radical (unpaired) electrons. The molecule has 2 aromatic rings. The van der Waals surface area contributed by atoms with E-state index in [1.807, 2.05) is 0 Å². The number of benzene rings is 2. The fourth-order valence-electron chi connectivity index (χ4n) is 3.09. The number of amides is 1. The van der Waals surface area contributed by atoms with Crippen LogP contribution in [0.5, 0.6) is 17.2 Å². The van der Waals surface area contributed by atoms with Gasteiger partial charge < -0.3 is 24.2 Å². The lowest BCUT2D eigenvalue weighted by atomic mass is 10.1. The van der Waals surface area contributed by atoms with Crippen molar-refractivity contribution in [2.24, 2.45) is 0 Å². The number of aromatic hydroxyl groups is 1. The number of nitrogens with zero attached hydrogens (tertiary/aromatic N) is 2. The minimum atomic E-state index is -0.551. The van der Waals surface area contributed by atoms with Crippen molar-refractivity contribution in [3.63, 3.8) is 0 Å². The number of rotatable bonds is 7. The van der Waals surface area contributed by atoms with E-state index >= 15 is 0 Å². The van der Waals surface area contributed by atoms with Gasteiger partial charge in [0.25, 0.3) is 5.91 Å². The Kier molecular flexibility index (Phi) is 7.37. The second kappa shape index (κ2) is 10.0.